The highest BCUT2D eigenvalue weighted by molar-refractivity contribution is 5.74. The highest BCUT2D eigenvalue weighted by Gasteiger charge is 2.18. The zero-order valence-electron chi connectivity index (χ0n) is 7.05. The summed E-state index contributed by atoms with van der Waals surface area (Å²) in [6, 6.07) is 0. The monoisotopic (exact) mass is 160 g/mol. The van der Waals surface area contributed by atoms with Crippen molar-refractivity contribution in [1.29, 1.82) is 0 Å². The van der Waals surface area contributed by atoms with Crippen molar-refractivity contribution in [3.63, 3.8) is 0 Å². The Balaban J connectivity index is 3.70. The molecule has 4 nitrogen and oxygen atoms in total. The van der Waals surface area contributed by atoms with Crippen molar-refractivity contribution in [3.8, 4) is 0 Å². The summed E-state index contributed by atoms with van der Waals surface area (Å²) in [5, 5.41) is 11.5. The van der Waals surface area contributed by atoms with Gasteiger partial charge in [-0.1, -0.05) is 0 Å². The topological polar surface area (TPSA) is 75.4 Å². The Morgan fingerprint density at radius 3 is 2.55 bits per heavy atom. The molecule has 0 rings (SSSR count). The fourth-order valence-electron chi connectivity index (χ4n) is 0.892. The van der Waals surface area contributed by atoms with Gasteiger partial charge in [0.25, 0.3) is 0 Å². The lowest BCUT2D eigenvalue weighted by atomic mass is 10.0. The number of hydrogen-bond acceptors (Lipinski definition) is 3. The first-order valence-electron chi connectivity index (χ1n) is 3.62. The lowest BCUT2D eigenvalue weighted by Gasteiger charge is -2.24. The Labute approximate surface area is 66.8 Å². The molecule has 0 aromatic rings. The van der Waals surface area contributed by atoms with Crippen molar-refractivity contribution < 1.29 is 9.90 Å². The van der Waals surface area contributed by atoms with Crippen LogP contribution in [0.15, 0.2) is 0 Å². The summed E-state index contributed by atoms with van der Waals surface area (Å²) in [7, 11) is 0. The predicted octanol–water partition coefficient (Wildman–Crippen LogP) is -0.778. The summed E-state index contributed by atoms with van der Waals surface area (Å²) in [5.41, 5.74) is 4.70. The molecule has 11 heavy (non-hydrogen) atoms. The van der Waals surface area contributed by atoms with Gasteiger partial charge in [0.1, 0.15) is 0 Å². The van der Waals surface area contributed by atoms with Crippen LogP contribution >= 0.6 is 0 Å². The average molecular weight is 160 g/mol. The van der Waals surface area contributed by atoms with Crippen LogP contribution in [0.4, 0.5) is 0 Å². The third kappa shape index (κ3) is 5.82. The molecule has 4 heteroatoms. The molecule has 0 aliphatic heterocycles. The number of amides is 1. The minimum Gasteiger partial charge on any atom is -0.395 e. The van der Waals surface area contributed by atoms with E-state index in [2.05, 4.69) is 5.32 Å². The molecule has 1 amide bonds. The summed E-state index contributed by atoms with van der Waals surface area (Å²) >= 11 is 0. The highest BCUT2D eigenvalue weighted by atomic mass is 16.3. The quantitative estimate of drug-likeness (QED) is 0.494. The zero-order valence-corrected chi connectivity index (χ0v) is 7.05. The molecule has 0 fully saturated rings. The van der Waals surface area contributed by atoms with E-state index in [0.29, 0.717) is 6.54 Å². The van der Waals surface area contributed by atoms with Gasteiger partial charge in [0.2, 0.25) is 5.91 Å². The summed E-state index contributed by atoms with van der Waals surface area (Å²) in [6.07, 6.45) is 0.285. The SMILES string of the molecule is CC(C)(CC(N)=O)NCCO. The minimum atomic E-state index is -0.333. The van der Waals surface area contributed by atoms with E-state index < -0.39 is 0 Å². The molecule has 0 aromatic carbocycles. The van der Waals surface area contributed by atoms with Gasteiger partial charge in [0.15, 0.2) is 0 Å². The van der Waals surface area contributed by atoms with E-state index in [9.17, 15) is 4.79 Å². The molecule has 0 saturated heterocycles. The van der Waals surface area contributed by atoms with Crippen LogP contribution in [0, 0.1) is 0 Å². The smallest absolute Gasteiger partial charge is 0.219 e. The zero-order chi connectivity index (χ0) is 8.91. The van der Waals surface area contributed by atoms with Gasteiger partial charge < -0.3 is 16.2 Å². The Kier molecular flexibility index (Phi) is 4.07. The van der Waals surface area contributed by atoms with E-state index in [1.165, 1.54) is 0 Å². The minimum absolute atomic E-state index is 0.0716. The van der Waals surface area contributed by atoms with Crippen molar-refractivity contribution >= 4 is 5.91 Å². The fraction of sp³-hybridized carbons (Fsp3) is 0.857. The van der Waals surface area contributed by atoms with Gasteiger partial charge in [0, 0.05) is 18.5 Å². The van der Waals surface area contributed by atoms with E-state index in [1.807, 2.05) is 13.8 Å². The van der Waals surface area contributed by atoms with Gasteiger partial charge in [-0.15, -0.1) is 0 Å². The maximum atomic E-state index is 10.5. The van der Waals surface area contributed by atoms with Crippen LogP contribution in [0.1, 0.15) is 20.3 Å². The van der Waals surface area contributed by atoms with Gasteiger partial charge in [-0.3, -0.25) is 4.79 Å². The van der Waals surface area contributed by atoms with E-state index >= 15 is 0 Å². The maximum absolute atomic E-state index is 10.5. The van der Waals surface area contributed by atoms with Crippen molar-refractivity contribution in [3.05, 3.63) is 0 Å². The summed E-state index contributed by atoms with van der Waals surface area (Å²) in [4.78, 5) is 10.5. The van der Waals surface area contributed by atoms with E-state index in [0.717, 1.165) is 0 Å². The molecule has 0 saturated carbocycles. The van der Waals surface area contributed by atoms with Crippen LogP contribution in [-0.4, -0.2) is 29.7 Å². The number of aliphatic hydroxyl groups is 1. The number of carbonyl (C=O) groups excluding carboxylic acids is 1. The first-order valence-corrected chi connectivity index (χ1v) is 3.62. The van der Waals surface area contributed by atoms with E-state index in [-0.39, 0.29) is 24.5 Å². The standard InChI is InChI=1S/C7H16N2O2/c1-7(2,5-6(8)11)9-3-4-10/h9-10H,3-5H2,1-2H3,(H2,8,11). The summed E-state index contributed by atoms with van der Waals surface area (Å²) in [6.45, 7) is 4.29. The Morgan fingerprint density at radius 2 is 2.18 bits per heavy atom. The molecule has 0 atom stereocenters. The fourth-order valence-corrected chi connectivity index (χ4v) is 0.892. The number of aliphatic hydroxyl groups excluding tert-OH is 1. The lowest BCUT2D eigenvalue weighted by Crippen LogP contribution is -2.43. The Hall–Kier alpha value is -0.610. The van der Waals surface area contributed by atoms with Crippen LogP contribution in [-0.2, 0) is 4.79 Å². The van der Waals surface area contributed by atoms with Gasteiger partial charge in [-0.25, -0.2) is 0 Å². The maximum Gasteiger partial charge on any atom is 0.219 e. The van der Waals surface area contributed by atoms with Crippen LogP contribution in [0.3, 0.4) is 0 Å². The molecule has 0 heterocycles. The van der Waals surface area contributed by atoms with Crippen molar-refractivity contribution in [1.82, 2.24) is 5.32 Å². The number of β-amino-alcohol motifs (C(OH)–C–C–N with tert-alkyl or cyclic N) is 1. The van der Waals surface area contributed by atoms with Crippen LogP contribution in [0.5, 0.6) is 0 Å². The van der Waals surface area contributed by atoms with Crippen molar-refractivity contribution in [2.24, 2.45) is 5.73 Å². The van der Waals surface area contributed by atoms with Crippen LogP contribution in [0.25, 0.3) is 0 Å². The van der Waals surface area contributed by atoms with Gasteiger partial charge in [-0.2, -0.15) is 0 Å². The van der Waals surface area contributed by atoms with Crippen LogP contribution in [0.2, 0.25) is 0 Å². The molecule has 0 spiro atoms. The number of rotatable bonds is 5. The average Bonchev–Trinajstić information content (AvgIpc) is 1.81. The molecule has 0 aromatic heterocycles. The molecule has 0 aliphatic carbocycles. The van der Waals surface area contributed by atoms with Gasteiger partial charge in [0.05, 0.1) is 6.61 Å². The lowest BCUT2D eigenvalue weighted by molar-refractivity contribution is -0.119. The molecule has 0 unspecified atom stereocenters. The summed E-state index contributed by atoms with van der Waals surface area (Å²) < 4.78 is 0. The third-order valence-electron chi connectivity index (χ3n) is 1.33. The molecule has 66 valence electrons. The van der Waals surface area contributed by atoms with E-state index in [4.69, 9.17) is 10.8 Å². The van der Waals surface area contributed by atoms with E-state index in [1.54, 1.807) is 0 Å². The Morgan fingerprint density at radius 1 is 1.64 bits per heavy atom. The number of nitrogens with one attached hydrogen (secondary N) is 1. The first-order chi connectivity index (χ1) is 4.98. The van der Waals surface area contributed by atoms with Crippen molar-refractivity contribution in [2.45, 2.75) is 25.8 Å². The molecule has 4 N–H and O–H groups in total. The Bertz CT molecular complexity index is 134. The molecule has 0 radical (unpaired) electrons. The van der Waals surface area contributed by atoms with Crippen LogP contribution < -0.4 is 11.1 Å². The molecule has 0 bridgehead atoms. The molecule has 0 aliphatic rings. The molecular weight excluding hydrogens is 144 g/mol. The second-order valence-corrected chi connectivity index (χ2v) is 3.18. The second kappa shape index (κ2) is 4.31. The number of carbonyl (C=O) groups is 1. The van der Waals surface area contributed by atoms with Gasteiger partial charge in [-0.05, 0) is 13.8 Å². The van der Waals surface area contributed by atoms with Crippen molar-refractivity contribution in [2.75, 3.05) is 13.2 Å². The highest BCUT2D eigenvalue weighted by Crippen LogP contribution is 2.05. The number of nitrogens with two attached hydrogens (primary N) is 1. The van der Waals surface area contributed by atoms with Gasteiger partial charge >= 0.3 is 0 Å². The third-order valence-corrected chi connectivity index (χ3v) is 1.33. The number of hydrogen-bond donors (Lipinski definition) is 3. The summed E-state index contributed by atoms with van der Waals surface area (Å²) in [5.74, 6) is -0.333. The first kappa shape index (κ1) is 10.4. The predicted molar refractivity (Wildman–Crippen MR) is 43.0 cm³/mol. The number of primary amides is 1. The normalized spacial score (nSPS) is 11.5. The largest absolute Gasteiger partial charge is 0.395 e. The molecular formula is C7H16N2O2. The second-order valence-electron chi connectivity index (χ2n) is 3.18.